The predicted octanol–water partition coefficient (Wildman–Crippen LogP) is 2.50. The molecule has 1 saturated heterocycles. The Labute approximate surface area is 174 Å². The molecular weight excluding hydrogens is 465 g/mol. The van der Waals surface area contributed by atoms with Crippen molar-refractivity contribution in [1.29, 1.82) is 0 Å². The largest absolute Gasteiger partial charge is 0.493 e. The number of guanidine groups is 1. The molecule has 1 unspecified atom stereocenters. The molecule has 1 heterocycles. The van der Waals surface area contributed by atoms with E-state index < -0.39 is 9.84 Å². The molecule has 1 aliphatic heterocycles. The number of nitrogens with zero attached hydrogens (tertiary/aromatic N) is 1. The van der Waals surface area contributed by atoms with E-state index in [4.69, 9.17) is 4.74 Å². The highest BCUT2D eigenvalue weighted by atomic mass is 127. The first kappa shape index (κ1) is 23.0. The third kappa shape index (κ3) is 7.30. The molecule has 0 saturated carbocycles. The summed E-state index contributed by atoms with van der Waals surface area (Å²) in [6.07, 6.45) is 1.69. The van der Waals surface area contributed by atoms with Crippen LogP contribution in [0.5, 0.6) is 5.75 Å². The number of aliphatic imine (C=N–C) groups is 1. The molecule has 26 heavy (non-hydrogen) atoms. The second kappa shape index (κ2) is 11.0. The Morgan fingerprint density at radius 3 is 2.73 bits per heavy atom. The summed E-state index contributed by atoms with van der Waals surface area (Å²) in [6, 6.07) is 6.17. The zero-order chi connectivity index (χ0) is 18.3. The van der Waals surface area contributed by atoms with Gasteiger partial charge in [-0.1, -0.05) is 19.1 Å². The molecule has 1 aliphatic rings. The van der Waals surface area contributed by atoms with Gasteiger partial charge >= 0.3 is 0 Å². The third-order valence-electron chi connectivity index (χ3n) is 4.24. The summed E-state index contributed by atoms with van der Waals surface area (Å²) in [4.78, 5) is 4.21. The number of nitrogens with one attached hydrogen (secondary N) is 2. The van der Waals surface area contributed by atoms with Gasteiger partial charge < -0.3 is 15.4 Å². The maximum Gasteiger partial charge on any atom is 0.191 e. The van der Waals surface area contributed by atoms with Gasteiger partial charge in [-0.2, -0.15) is 0 Å². The minimum absolute atomic E-state index is 0. The summed E-state index contributed by atoms with van der Waals surface area (Å²) in [5.41, 5.74) is 2.24. The standard InChI is InChI=1S/C18H29N3O3S.HI/c1-4-8-24-17-10-14(2)5-6-16(17)12-21-18(19-3)20-11-15-7-9-25(22,23)13-15;/h5-6,10,15H,4,7-9,11-13H2,1-3H3,(H2,19,20,21);1H. The summed E-state index contributed by atoms with van der Waals surface area (Å²) in [7, 11) is -1.13. The van der Waals surface area contributed by atoms with Gasteiger partial charge in [0.25, 0.3) is 0 Å². The molecule has 1 aromatic rings. The van der Waals surface area contributed by atoms with Crippen LogP contribution in [0, 0.1) is 12.8 Å². The molecule has 1 atom stereocenters. The molecule has 0 aromatic heterocycles. The topological polar surface area (TPSA) is 79.8 Å². The second-order valence-electron chi connectivity index (χ2n) is 6.54. The van der Waals surface area contributed by atoms with Gasteiger partial charge in [0.2, 0.25) is 0 Å². The van der Waals surface area contributed by atoms with E-state index in [0.717, 1.165) is 24.2 Å². The van der Waals surface area contributed by atoms with Crippen molar-refractivity contribution >= 4 is 39.8 Å². The number of ether oxygens (including phenoxy) is 1. The number of hydrogen-bond donors (Lipinski definition) is 2. The first-order valence-corrected chi connectivity index (χ1v) is 10.6. The Morgan fingerprint density at radius 1 is 1.35 bits per heavy atom. The first-order chi connectivity index (χ1) is 11.9. The molecular formula is C18H30IN3O3S. The van der Waals surface area contributed by atoms with Crippen LogP contribution < -0.4 is 15.4 Å². The van der Waals surface area contributed by atoms with Crippen LogP contribution in [0.3, 0.4) is 0 Å². The van der Waals surface area contributed by atoms with Crippen molar-refractivity contribution in [2.45, 2.75) is 33.2 Å². The molecule has 0 bridgehead atoms. The maximum atomic E-state index is 11.5. The Bertz CT molecular complexity index is 708. The summed E-state index contributed by atoms with van der Waals surface area (Å²) in [5.74, 6) is 2.29. The zero-order valence-corrected chi connectivity index (χ0v) is 18.9. The van der Waals surface area contributed by atoms with E-state index in [0.29, 0.717) is 31.4 Å². The average molecular weight is 495 g/mol. The normalized spacial score (nSPS) is 18.9. The Kier molecular flexibility index (Phi) is 9.70. The van der Waals surface area contributed by atoms with Crippen LogP contribution in [0.4, 0.5) is 0 Å². The SMILES string of the molecule is CCCOc1cc(C)ccc1CNC(=NC)NCC1CCS(=O)(=O)C1.I. The fourth-order valence-electron chi connectivity index (χ4n) is 2.83. The summed E-state index contributed by atoms with van der Waals surface area (Å²) in [5, 5.41) is 6.50. The molecule has 8 heteroatoms. The molecule has 1 fully saturated rings. The lowest BCUT2D eigenvalue weighted by Gasteiger charge is -2.16. The van der Waals surface area contributed by atoms with Crippen molar-refractivity contribution in [3.63, 3.8) is 0 Å². The first-order valence-electron chi connectivity index (χ1n) is 8.80. The zero-order valence-electron chi connectivity index (χ0n) is 15.7. The minimum atomic E-state index is -2.84. The number of aryl methyl sites for hydroxylation is 1. The Balaban J connectivity index is 0.00000338. The van der Waals surface area contributed by atoms with Gasteiger partial charge in [0.1, 0.15) is 5.75 Å². The van der Waals surface area contributed by atoms with E-state index >= 15 is 0 Å². The van der Waals surface area contributed by atoms with Crippen LogP contribution >= 0.6 is 24.0 Å². The lowest BCUT2D eigenvalue weighted by Crippen LogP contribution is -2.39. The molecule has 0 amide bonds. The van der Waals surface area contributed by atoms with E-state index in [-0.39, 0.29) is 35.6 Å². The van der Waals surface area contributed by atoms with Crippen LogP contribution in [0.15, 0.2) is 23.2 Å². The highest BCUT2D eigenvalue weighted by Crippen LogP contribution is 2.20. The van der Waals surface area contributed by atoms with Crippen LogP contribution in [-0.2, 0) is 16.4 Å². The number of sulfone groups is 1. The number of hydrogen-bond acceptors (Lipinski definition) is 4. The molecule has 0 spiro atoms. The van der Waals surface area contributed by atoms with Gasteiger partial charge in [-0.15, -0.1) is 24.0 Å². The summed E-state index contributed by atoms with van der Waals surface area (Å²) in [6.45, 7) is 6.04. The highest BCUT2D eigenvalue weighted by Gasteiger charge is 2.27. The number of benzene rings is 1. The van der Waals surface area contributed by atoms with Crippen LogP contribution in [0.1, 0.15) is 30.9 Å². The molecule has 0 aliphatic carbocycles. The van der Waals surface area contributed by atoms with E-state index in [2.05, 4.69) is 34.7 Å². The van der Waals surface area contributed by atoms with Crippen LogP contribution in [0.25, 0.3) is 0 Å². The average Bonchev–Trinajstić information content (AvgIpc) is 2.93. The predicted molar refractivity (Wildman–Crippen MR) is 117 cm³/mol. The van der Waals surface area contributed by atoms with Crippen molar-refractivity contribution in [3.05, 3.63) is 29.3 Å². The molecule has 2 rings (SSSR count). The van der Waals surface area contributed by atoms with E-state index in [9.17, 15) is 8.42 Å². The Hall–Kier alpha value is -1.03. The van der Waals surface area contributed by atoms with Crippen molar-refractivity contribution in [1.82, 2.24) is 10.6 Å². The maximum absolute atomic E-state index is 11.5. The molecule has 148 valence electrons. The van der Waals surface area contributed by atoms with Crippen LogP contribution in [0.2, 0.25) is 0 Å². The van der Waals surface area contributed by atoms with E-state index in [1.165, 1.54) is 5.56 Å². The van der Waals surface area contributed by atoms with Crippen LogP contribution in [-0.4, -0.2) is 46.1 Å². The monoisotopic (exact) mass is 495 g/mol. The smallest absolute Gasteiger partial charge is 0.191 e. The Morgan fingerprint density at radius 2 is 2.12 bits per heavy atom. The molecule has 1 aromatic carbocycles. The fraction of sp³-hybridized carbons (Fsp3) is 0.611. The van der Waals surface area contributed by atoms with Crippen molar-refractivity contribution in [2.24, 2.45) is 10.9 Å². The van der Waals surface area contributed by atoms with Crippen molar-refractivity contribution in [3.8, 4) is 5.75 Å². The molecule has 0 radical (unpaired) electrons. The third-order valence-corrected chi connectivity index (χ3v) is 6.08. The minimum Gasteiger partial charge on any atom is -0.493 e. The quantitative estimate of drug-likeness (QED) is 0.345. The van der Waals surface area contributed by atoms with Gasteiger partial charge in [-0.05, 0) is 37.3 Å². The van der Waals surface area contributed by atoms with Gasteiger partial charge in [-0.3, -0.25) is 4.99 Å². The van der Waals surface area contributed by atoms with E-state index in [1.807, 2.05) is 13.0 Å². The van der Waals surface area contributed by atoms with Gasteiger partial charge in [0, 0.05) is 25.7 Å². The highest BCUT2D eigenvalue weighted by molar-refractivity contribution is 14.0. The molecule has 2 N–H and O–H groups in total. The lowest BCUT2D eigenvalue weighted by molar-refractivity contribution is 0.313. The fourth-order valence-corrected chi connectivity index (χ4v) is 4.69. The number of rotatable bonds is 7. The van der Waals surface area contributed by atoms with Crippen molar-refractivity contribution < 1.29 is 13.2 Å². The lowest BCUT2D eigenvalue weighted by atomic mass is 10.1. The number of halogens is 1. The van der Waals surface area contributed by atoms with Crippen molar-refractivity contribution in [2.75, 3.05) is 31.7 Å². The second-order valence-corrected chi connectivity index (χ2v) is 8.76. The summed E-state index contributed by atoms with van der Waals surface area (Å²) < 4.78 is 28.9. The molecule has 6 nitrogen and oxygen atoms in total. The summed E-state index contributed by atoms with van der Waals surface area (Å²) >= 11 is 0. The van der Waals surface area contributed by atoms with Gasteiger partial charge in [-0.25, -0.2) is 8.42 Å². The van der Waals surface area contributed by atoms with Gasteiger partial charge in [0.05, 0.1) is 18.1 Å². The van der Waals surface area contributed by atoms with Gasteiger partial charge in [0.15, 0.2) is 15.8 Å². The van der Waals surface area contributed by atoms with E-state index in [1.54, 1.807) is 7.05 Å².